The number of hydrogen-bond donors (Lipinski definition) is 1. The van der Waals surface area contributed by atoms with E-state index in [4.69, 9.17) is 10.4 Å². The van der Waals surface area contributed by atoms with Gasteiger partial charge in [0.15, 0.2) is 0 Å². The van der Waals surface area contributed by atoms with E-state index in [1.165, 1.54) is 12.3 Å². The summed E-state index contributed by atoms with van der Waals surface area (Å²) in [6.07, 6.45) is 1.13. The molecule has 1 aromatic heterocycles. The van der Waals surface area contributed by atoms with E-state index in [2.05, 4.69) is 0 Å². The van der Waals surface area contributed by atoms with Crippen LogP contribution in [0.2, 0.25) is 0 Å². The molecule has 0 amide bonds. The third-order valence-corrected chi connectivity index (χ3v) is 3.09. The van der Waals surface area contributed by atoms with Crippen LogP contribution in [-0.4, -0.2) is 15.6 Å². The highest BCUT2D eigenvalue weighted by molar-refractivity contribution is 5.92. The van der Waals surface area contributed by atoms with E-state index in [1.807, 2.05) is 6.07 Å². The average molecular weight is 274 g/mol. The second-order valence-electron chi connectivity index (χ2n) is 4.26. The molecule has 6 heteroatoms. The van der Waals surface area contributed by atoms with Crippen molar-refractivity contribution in [1.82, 2.24) is 4.57 Å². The zero-order chi connectivity index (χ0) is 14.9. The second-order valence-corrected chi connectivity index (χ2v) is 4.26. The molecule has 2 aromatic rings. The number of carboxylic acid groups (broad SMARTS) is 1. The fraction of sp³-hybridized carbons (Fsp3) is 0.214. The number of aromatic carboxylic acids is 1. The van der Waals surface area contributed by atoms with Crippen molar-refractivity contribution < 1.29 is 14.3 Å². The lowest BCUT2D eigenvalue weighted by Crippen LogP contribution is -2.19. The summed E-state index contributed by atoms with van der Waals surface area (Å²) in [5.74, 6) is -2.03. The number of pyridine rings is 1. The summed E-state index contributed by atoms with van der Waals surface area (Å²) in [7, 11) is 0. The number of halogens is 1. The van der Waals surface area contributed by atoms with Gasteiger partial charge in [0.1, 0.15) is 11.4 Å². The molecule has 1 aromatic carbocycles. The van der Waals surface area contributed by atoms with Crippen LogP contribution in [0.4, 0.5) is 4.39 Å². The molecular weight excluding hydrogens is 263 g/mol. The Labute approximate surface area is 113 Å². The number of fused-ring (bicyclic) bond motifs is 1. The van der Waals surface area contributed by atoms with Crippen LogP contribution in [0, 0.1) is 17.1 Å². The van der Waals surface area contributed by atoms with Crippen LogP contribution in [0.3, 0.4) is 0 Å². The number of carbonyl (C=O) groups is 1. The van der Waals surface area contributed by atoms with Gasteiger partial charge in [0.2, 0.25) is 5.43 Å². The second kappa shape index (κ2) is 5.13. The van der Waals surface area contributed by atoms with E-state index >= 15 is 0 Å². The van der Waals surface area contributed by atoms with Crippen molar-refractivity contribution in [3.63, 3.8) is 0 Å². The van der Waals surface area contributed by atoms with Crippen molar-refractivity contribution >= 4 is 16.9 Å². The molecule has 20 heavy (non-hydrogen) atoms. The van der Waals surface area contributed by atoms with Gasteiger partial charge in [-0.05, 0) is 19.1 Å². The van der Waals surface area contributed by atoms with E-state index in [0.717, 1.165) is 6.07 Å². The van der Waals surface area contributed by atoms with Gasteiger partial charge in [0.25, 0.3) is 0 Å². The molecule has 0 saturated carbocycles. The molecule has 0 unspecified atom stereocenters. The first-order chi connectivity index (χ1) is 9.49. The molecule has 0 aliphatic carbocycles. The Balaban J connectivity index is 2.91. The standard InChI is InChI=1S/C14H11FN2O3/c1-2-17-7-10(14(19)20)13(18)9-6-11(15)8(3-4-16)5-12(9)17/h5-7H,2-3H2,1H3,(H,19,20). The third kappa shape index (κ3) is 2.14. The molecule has 0 aliphatic heterocycles. The largest absolute Gasteiger partial charge is 0.477 e. The van der Waals surface area contributed by atoms with Crippen molar-refractivity contribution in [2.45, 2.75) is 19.9 Å². The zero-order valence-electron chi connectivity index (χ0n) is 10.7. The van der Waals surface area contributed by atoms with E-state index < -0.39 is 22.8 Å². The molecule has 0 aliphatic rings. The van der Waals surface area contributed by atoms with Gasteiger partial charge in [0.05, 0.1) is 18.0 Å². The highest BCUT2D eigenvalue weighted by atomic mass is 19.1. The molecule has 0 bridgehead atoms. The smallest absolute Gasteiger partial charge is 0.341 e. The number of aromatic nitrogens is 1. The predicted octanol–water partition coefficient (Wildman–Crippen LogP) is 1.92. The van der Waals surface area contributed by atoms with Crippen molar-refractivity contribution in [3.8, 4) is 6.07 Å². The maximum Gasteiger partial charge on any atom is 0.341 e. The van der Waals surface area contributed by atoms with Gasteiger partial charge >= 0.3 is 5.97 Å². The summed E-state index contributed by atoms with van der Waals surface area (Å²) in [5.41, 5.74) is -0.509. The number of nitriles is 1. The number of carboxylic acids is 1. The predicted molar refractivity (Wildman–Crippen MR) is 70.1 cm³/mol. The quantitative estimate of drug-likeness (QED) is 0.926. The van der Waals surface area contributed by atoms with Gasteiger partial charge in [0, 0.05) is 23.7 Å². The number of aryl methyl sites for hydroxylation is 1. The lowest BCUT2D eigenvalue weighted by molar-refractivity contribution is 0.0695. The Bertz CT molecular complexity index is 803. The van der Waals surface area contributed by atoms with E-state index in [-0.39, 0.29) is 17.4 Å². The van der Waals surface area contributed by atoms with Crippen LogP contribution in [0.5, 0.6) is 0 Å². The molecule has 1 N–H and O–H groups in total. The van der Waals surface area contributed by atoms with Crippen molar-refractivity contribution in [1.29, 1.82) is 5.26 Å². The van der Waals surface area contributed by atoms with Crippen molar-refractivity contribution in [2.24, 2.45) is 0 Å². The SMILES string of the molecule is CCn1cc(C(=O)O)c(=O)c2cc(F)c(CC#N)cc21. The fourth-order valence-electron chi connectivity index (χ4n) is 2.09. The van der Waals surface area contributed by atoms with E-state index in [9.17, 15) is 14.0 Å². The van der Waals surface area contributed by atoms with Crippen molar-refractivity contribution in [3.05, 3.63) is 45.5 Å². The van der Waals surface area contributed by atoms with Gasteiger partial charge in [-0.15, -0.1) is 0 Å². The molecule has 0 atom stereocenters. The number of benzene rings is 1. The van der Waals surface area contributed by atoms with Crippen LogP contribution >= 0.6 is 0 Å². The molecule has 0 fully saturated rings. The van der Waals surface area contributed by atoms with Gasteiger partial charge < -0.3 is 9.67 Å². The molecule has 0 saturated heterocycles. The van der Waals surface area contributed by atoms with Gasteiger partial charge in [-0.2, -0.15) is 5.26 Å². The average Bonchev–Trinajstić information content (AvgIpc) is 2.41. The molecular formula is C14H11FN2O3. The molecule has 0 spiro atoms. The van der Waals surface area contributed by atoms with Gasteiger partial charge in [-0.25, -0.2) is 9.18 Å². The lowest BCUT2D eigenvalue weighted by atomic mass is 10.1. The Morgan fingerprint density at radius 3 is 2.75 bits per heavy atom. The van der Waals surface area contributed by atoms with Crippen LogP contribution in [0.15, 0.2) is 23.1 Å². The summed E-state index contributed by atoms with van der Waals surface area (Å²) in [5, 5.41) is 17.7. The van der Waals surface area contributed by atoms with Crippen LogP contribution < -0.4 is 5.43 Å². The van der Waals surface area contributed by atoms with Crippen LogP contribution in [-0.2, 0) is 13.0 Å². The molecule has 102 valence electrons. The number of nitrogens with zero attached hydrogens (tertiary/aromatic N) is 2. The topological polar surface area (TPSA) is 83.1 Å². The Morgan fingerprint density at radius 2 is 2.20 bits per heavy atom. The normalized spacial score (nSPS) is 10.4. The Hall–Kier alpha value is -2.68. The monoisotopic (exact) mass is 274 g/mol. The Kier molecular flexibility index (Phi) is 3.53. The molecule has 2 rings (SSSR count). The summed E-state index contributed by atoms with van der Waals surface area (Å²) in [4.78, 5) is 23.1. The first kappa shape index (κ1) is 13.7. The molecule has 0 radical (unpaired) electrons. The minimum Gasteiger partial charge on any atom is -0.477 e. The molecule has 5 nitrogen and oxygen atoms in total. The highest BCUT2D eigenvalue weighted by Crippen LogP contribution is 2.18. The summed E-state index contributed by atoms with van der Waals surface area (Å²) in [6, 6.07) is 4.27. The van der Waals surface area contributed by atoms with E-state index in [0.29, 0.717) is 12.1 Å². The minimum atomic E-state index is -1.35. The van der Waals surface area contributed by atoms with Gasteiger partial charge in [-0.3, -0.25) is 4.79 Å². The number of rotatable bonds is 3. The first-order valence-electron chi connectivity index (χ1n) is 5.95. The summed E-state index contributed by atoms with van der Waals surface area (Å²) in [6.45, 7) is 2.21. The Morgan fingerprint density at radius 1 is 1.50 bits per heavy atom. The fourth-order valence-corrected chi connectivity index (χ4v) is 2.09. The minimum absolute atomic E-state index is 0.00550. The maximum atomic E-state index is 13.8. The lowest BCUT2D eigenvalue weighted by Gasteiger charge is -2.11. The first-order valence-corrected chi connectivity index (χ1v) is 5.95. The summed E-state index contributed by atoms with van der Waals surface area (Å²) >= 11 is 0. The van der Waals surface area contributed by atoms with E-state index in [1.54, 1.807) is 11.5 Å². The number of hydrogen-bond acceptors (Lipinski definition) is 3. The maximum absolute atomic E-state index is 13.8. The molecule has 1 heterocycles. The van der Waals surface area contributed by atoms with Crippen LogP contribution in [0.1, 0.15) is 22.8 Å². The summed E-state index contributed by atoms with van der Waals surface area (Å²) < 4.78 is 15.4. The van der Waals surface area contributed by atoms with Crippen LogP contribution in [0.25, 0.3) is 10.9 Å². The van der Waals surface area contributed by atoms with Crippen molar-refractivity contribution in [2.75, 3.05) is 0 Å². The third-order valence-electron chi connectivity index (χ3n) is 3.09. The highest BCUT2D eigenvalue weighted by Gasteiger charge is 2.16. The zero-order valence-corrected chi connectivity index (χ0v) is 10.7. The van der Waals surface area contributed by atoms with Gasteiger partial charge in [-0.1, -0.05) is 0 Å².